The number of aromatic carboxylic acids is 1. The van der Waals surface area contributed by atoms with Crippen LogP contribution in [0.5, 0.6) is 0 Å². The lowest BCUT2D eigenvalue weighted by Crippen LogP contribution is -2.33. The van der Waals surface area contributed by atoms with Crippen molar-refractivity contribution >= 4 is 23.2 Å². The van der Waals surface area contributed by atoms with Gasteiger partial charge >= 0.3 is 5.97 Å². The van der Waals surface area contributed by atoms with E-state index in [4.69, 9.17) is 5.11 Å². The van der Waals surface area contributed by atoms with E-state index in [1.54, 1.807) is 4.90 Å². The molecule has 2 aromatic rings. The van der Waals surface area contributed by atoms with Gasteiger partial charge in [-0.3, -0.25) is 4.79 Å². The first kappa shape index (κ1) is 13.8. The third-order valence-electron chi connectivity index (χ3n) is 3.61. The molecule has 0 bridgehead atoms. The number of benzene rings is 1. The number of amides is 1. The second-order valence-electron chi connectivity index (χ2n) is 4.90. The number of carboxylic acids is 1. The lowest BCUT2D eigenvalue weighted by atomic mass is 10.0. The van der Waals surface area contributed by atoms with Crippen molar-refractivity contribution in [1.82, 2.24) is 9.88 Å². The van der Waals surface area contributed by atoms with E-state index in [1.165, 1.54) is 16.5 Å². The Morgan fingerprint density at radius 2 is 1.76 bits per heavy atom. The molecule has 1 aromatic heterocycles. The van der Waals surface area contributed by atoms with Gasteiger partial charge in [0.15, 0.2) is 10.7 Å². The van der Waals surface area contributed by atoms with Crippen molar-refractivity contribution in [3.8, 4) is 0 Å². The lowest BCUT2D eigenvalue weighted by molar-refractivity contribution is 0.0691. The standard InChI is InChI=1S/C15H14N2O3S/c18-14(13-16-12(9-21-13)15(19)20)17-7-5-10-3-1-2-4-11(10)6-8-17/h1-4,9H,5-8H2,(H,19,20). The monoisotopic (exact) mass is 302 g/mol. The molecule has 21 heavy (non-hydrogen) atoms. The zero-order valence-corrected chi connectivity index (χ0v) is 12.1. The number of hydrogen-bond acceptors (Lipinski definition) is 4. The largest absolute Gasteiger partial charge is 0.476 e. The molecular weight excluding hydrogens is 288 g/mol. The molecule has 0 atom stereocenters. The fourth-order valence-electron chi connectivity index (χ4n) is 2.48. The first-order valence-electron chi connectivity index (χ1n) is 6.70. The molecule has 0 fully saturated rings. The first-order valence-corrected chi connectivity index (χ1v) is 7.58. The second kappa shape index (κ2) is 5.65. The van der Waals surface area contributed by atoms with Crippen molar-refractivity contribution in [3.63, 3.8) is 0 Å². The summed E-state index contributed by atoms with van der Waals surface area (Å²) in [6.07, 6.45) is 1.64. The number of aromatic nitrogens is 1. The van der Waals surface area contributed by atoms with E-state index >= 15 is 0 Å². The first-order chi connectivity index (χ1) is 10.1. The van der Waals surface area contributed by atoms with Gasteiger partial charge < -0.3 is 10.0 Å². The summed E-state index contributed by atoms with van der Waals surface area (Å²) in [6.45, 7) is 1.27. The van der Waals surface area contributed by atoms with Crippen molar-refractivity contribution in [3.05, 3.63) is 51.5 Å². The van der Waals surface area contributed by atoms with Crippen LogP contribution < -0.4 is 0 Å². The fraction of sp³-hybridized carbons (Fsp3) is 0.267. The van der Waals surface area contributed by atoms with E-state index in [2.05, 4.69) is 17.1 Å². The number of carbonyl (C=O) groups excluding carboxylic acids is 1. The molecule has 1 aromatic carbocycles. The Morgan fingerprint density at radius 3 is 2.29 bits per heavy atom. The molecule has 108 valence electrons. The number of carboxylic acid groups (broad SMARTS) is 1. The molecule has 0 saturated carbocycles. The summed E-state index contributed by atoms with van der Waals surface area (Å²) in [7, 11) is 0. The van der Waals surface area contributed by atoms with E-state index in [9.17, 15) is 9.59 Å². The van der Waals surface area contributed by atoms with Crippen molar-refractivity contribution in [1.29, 1.82) is 0 Å². The summed E-state index contributed by atoms with van der Waals surface area (Å²) >= 11 is 1.09. The number of nitrogens with zero attached hydrogens (tertiary/aromatic N) is 2. The van der Waals surface area contributed by atoms with E-state index < -0.39 is 5.97 Å². The van der Waals surface area contributed by atoms with Gasteiger partial charge in [0.05, 0.1) is 0 Å². The van der Waals surface area contributed by atoms with Crippen molar-refractivity contribution in [2.75, 3.05) is 13.1 Å². The maximum absolute atomic E-state index is 12.4. The number of fused-ring (bicyclic) bond motifs is 1. The third-order valence-corrected chi connectivity index (χ3v) is 4.44. The van der Waals surface area contributed by atoms with Crippen LogP contribution in [0.1, 0.15) is 31.4 Å². The molecule has 0 saturated heterocycles. The molecule has 0 aliphatic carbocycles. The molecule has 2 heterocycles. The predicted octanol–water partition coefficient (Wildman–Crippen LogP) is 2.08. The maximum atomic E-state index is 12.4. The van der Waals surface area contributed by atoms with Crippen LogP contribution in [0.15, 0.2) is 29.6 Å². The number of rotatable bonds is 2. The molecule has 3 rings (SSSR count). The average Bonchev–Trinajstić information content (AvgIpc) is 2.88. The zero-order valence-electron chi connectivity index (χ0n) is 11.3. The van der Waals surface area contributed by atoms with E-state index in [-0.39, 0.29) is 16.6 Å². The minimum absolute atomic E-state index is 0.0681. The highest BCUT2D eigenvalue weighted by Crippen LogP contribution is 2.18. The van der Waals surface area contributed by atoms with Crippen molar-refractivity contribution in [2.45, 2.75) is 12.8 Å². The Labute approximate surface area is 125 Å². The van der Waals surface area contributed by atoms with Gasteiger partial charge in [-0.15, -0.1) is 11.3 Å². The minimum Gasteiger partial charge on any atom is -0.476 e. The second-order valence-corrected chi connectivity index (χ2v) is 5.76. The van der Waals surface area contributed by atoms with Gasteiger partial charge in [0.25, 0.3) is 5.91 Å². The number of carbonyl (C=O) groups is 2. The van der Waals surface area contributed by atoms with Gasteiger partial charge in [0.2, 0.25) is 0 Å². The molecule has 6 heteroatoms. The van der Waals surface area contributed by atoms with Crippen LogP contribution in [-0.2, 0) is 12.8 Å². The van der Waals surface area contributed by atoms with Crippen LogP contribution in [-0.4, -0.2) is 40.0 Å². The van der Waals surface area contributed by atoms with Crippen molar-refractivity contribution in [2.24, 2.45) is 0 Å². The SMILES string of the molecule is O=C(O)c1csc(C(=O)N2CCc3ccccc3CC2)n1. The molecule has 1 aliphatic rings. The topological polar surface area (TPSA) is 70.5 Å². The highest BCUT2D eigenvalue weighted by Gasteiger charge is 2.22. The Morgan fingerprint density at radius 1 is 1.14 bits per heavy atom. The average molecular weight is 302 g/mol. The van der Waals surface area contributed by atoms with E-state index in [0.29, 0.717) is 13.1 Å². The van der Waals surface area contributed by atoms with Crippen molar-refractivity contribution < 1.29 is 14.7 Å². The van der Waals surface area contributed by atoms with Crippen LogP contribution in [0.2, 0.25) is 0 Å². The normalized spacial score (nSPS) is 14.4. The molecule has 1 N–H and O–H groups in total. The Balaban J connectivity index is 1.76. The molecule has 1 amide bonds. The smallest absolute Gasteiger partial charge is 0.355 e. The van der Waals surface area contributed by atoms with E-state index in [1.807, 2.05) is 12.1 Å². The van der Waals surface area contributed by atoms with Crippen LogP contribution in [0, 0.1) is 0 Å². The third kappa shape index (κ3) is 2.80. The van der Waals surface area contributed by atoms with Gasteiger partial charge in [0, 0.05) is 18.5 Å². The van der Waals surface area contributed by atoms with Crippen LogP contribution in [0.4, 0.5) is 0 Å². The number of hydrogen-bond donors (Lipinski definition) is 1. The van der Waals surface area contributed by atoms with Crippen LogP contribution in [0.3, 0.4) is 0 Å². The highest BCUT2D eigenvalue weighted by atomic mass is 32.1. The minimum atomic E-state index is -1.10. The Kier molecular flexibility index (Phi) is 3.70. The van der Waals surface area contributed by atoms with Gasteiger partial charge in [-0.05, 0) is 24.0 Å². The molecule has 0 radical (unpaired) electrons. The molecule has 1 aliphatic heterocycles. The Bertz CT molecular complexity index is 669. The van der Waals surface area contributed by atoms with Gasteiger partial charge in [0.1, 0.15) is 0 Å². The molecule has 0 unspecified atom stereocenters. The molecule has 5 nitrogen and oxygen atoms in total. The van der Waals surface area contributed by atoms with Crippen LogP contribution in [0.25, 0.3) is 0 Å². The summed E-state index contributed by atoms with van der Waals surface area (Å²) in [5.41, 5.74) is 2.48. The fourth-order valence-corrected chi connectivity index (χ4v) is 3.23. The molecular formula is C15H14N2O3S. The lowest BCUT2D eigenvalue weighted by Gasteiger charge is -2.18. The summed E-state index contributed by atoms with van der Waals surface area (Å²) in [5, 5.41) is 10.5. The summed E-state index contributed by atoms with van der Waals surface area (Å²) in [6, 6.07) is 8.21. The molecule has 0 spiro atoms. The Hall–Kier alpha value is -2.21. The maximum Gasteiger partial charge on any atom is 0.355 e. The summed E-state index contributed by atoms with van der Waals surface area (Å²) < 4.78 is 0. The zero-order chi connectivity index (χ0) is 14.8. The summed E-state index contributed by atoms with van der Waals surface area (Å²) in [4.78, 5) is 28.9. The number of thiazole rings is 1. The van der Waals surface area contributed by atoms with E-state index in [0.717, 1.165) is 24.2 Å². The van der Waals surface area contributed by atoms with Gasteiger partial charge in [-0.2, -0.15) is 0 Å². The van der Waals surface area contributed by atoms with Crippen LogP contribution >= 0.6 is 11.3 Å². The predicted molar refractivity (Wildman–Crippen MR) is 78.8 cm³/mol. The van der Waals surface area contributed by atoms with Gasteiger partial charge in [-0.1, -0.05) is 24.3 Å². The van der Waals surface area contributed by atoms with Gasteiger partial charge in [-0.25, -0.2) is 9.78 Å². The summed E-state index contributed by atoms with van der Waals surface area (Å²) in [5.74, 6) is -1.28. The highest BCUT2D eigenvalue weighted by molar-refractivity contribution is 7.11. The quantitative estimate of drug-likeness (QED) is 0.922.